The molecule has 27 heavy (non-hydrogen) atoms. The number of rotatable bonds is 10. The van der Waals surface area contributed by atoms with Gasteiger partial charge in [0.05, 0.1) is 6.61 Å². The first kappa shape index (κ1) is 22.7. The largest absolute Gasteiger partial charge is 0.463 e. The minimum absolute atomic E-state index is 0.0561. The Morgan fingerprint density at radius 2 is 2.00 bits per heavy atom. The van der Waals surface area contributed by atoms with Gasteiger partial charge in [-0.1, -0.05) is 19.9 Å². The number of carbonyl (C=O) groups excluding carboxylic acids is 4. The van der Waals surface area contributed by atoms with E-state index in [2.05, 4.69) is 16.0 Å². The summed E-state index contributed by atoms with van der Waals surface area (Å²) in [5, 5.41) is 8.27. The summed E-state index contributed by atoms with van der Waals surface area (Å²) < 4.78 is 4.87. The molecule has 0 aromatic carbocycles. The first-order valence-corrected chi connectivity index (χ1v) is 9.43. The third-order valence-electron chi connectivity index (χ3n) is 4.18. The third kappa shape index (κ3) is 8.70. The van der Waals surface area contributed by atoms with Crippen molar-refractivity contribution >= 4 is 23.7 Å². The van der Waals surface area contributed by atoms with Crippen molar-refractivity contribution in [3.8, 4) is 0 Å². The smallest absolute Gasteiger partial charge is 0.330 e. The standard InChI is InChI=1S/C19H31N3O5/c1-5-27-17(24)7-6-15(11-14-8-9-20-18(14)25)22-19(26)16(10-12(2)3)21-13(4)23/h6-7,12,14-16H,5,8-11H2,1-4H3,(H,20,25)(H,21,23)(H,22,26)/b7-6+. The molecule has 3 N–H and O–H groups in total. The molecule has 0 aliphatic carbocycles. The van der Waals surface area contributed by atoms with Gasteiger partial charge >= 0.3 is 5.97 Å². The first-order chi connectivity index (χ1) is 12.7. The summed E-state index contributed by atoms with van der Waals surface area (Å²) >= 11 is 0. The van der Waals surface area contributed by atoms with Crippen LogP contribution in [0.1, 0.15) is 47.0 Å². The van der Waals surface area contributed by atoms with Crippen molar-refractivity contribution < 1.29 is 23.9 Å². The molecule has 1 heterocycles. The van der Waals surface area contributed by atoms with E-state index in [1.165, 1.54) is 13.0 Å². The maximum atomic E-state index is 12.7. The van der Waals surface area contributed by atoms with Crippen LogP contribution in [-0.4, -0.2) is 48.9 Å². The second-order valence-corrected chi connectivity index (χ2v) is 7.12. The maximum Gasteiger partial charge on any atom is 0.330 e. The van der Waals surface area contributed by atoms with Gasteiger partial charge in [-0.25, -0.2) is 4.79 Å². The van der Waals surface area contributed by atoms with E-state index in [0.29, 0.717) is 25.8 Å². The molecule has 0 bridgehead atoms. The quantitative estimate of drug-likeness (QED) is 0.380. The summed E-state index contributed by atoms with van der Waals surface area (Å²) in [5.41, 5.74) is 0. The number of nitrogens with one attached hydrogen (secondary N) is 3. The average molecular weight is 381 g/mol. The van der Waals surface area contributed by atoms with Crippen LogP contribution in [-0.2, 0) is 23.9 Å². The first-order valence-electron chi connectivity index (χ1n) is 9.43. The predicted molar refractivity (Wildman–Crippen MR) is 100 cm³/mol. The fourth-order valence-corrected chi connectivity index (χ4v) is 2.98. The van der Waals surface area contributed by atoms with Crippen molar-refractivity contribution in [2.45, 2.75) is 59.0 Å². The Labute approximate surface area is 160 Å². The Morgan fingerprint density at radius 1 is 1.30 bits per heavy atom. The van der Waals surface area contributed by atoms with Crippen molar-refractivity contribution in [2.75, 3.05) is 13.2 Å². The van der Waals surface area contributed by atoms with E-state index in [0.717, 1.165) is 0 Å². The van der Waals surface area contributed by atoms with E-state index < -0.39 is 18.1 Å². The van der Waals surface area contributed by atoms with Gasteiger partial charge in [0.1, 0.15) is 6.04 Å². The van der Waals surface area contributed by atoms with E-state index >= 15 is 0 Å². The Kier molecular flexibility index (Phi) is 9.53. The molecular formula is C19H31N3O5. The van der Waals surface area contributed by atoms with E-state index in [4.69, 9.17) is 4.74 Å². The molecule has 8 heteroatoms. The second kappa shape index (κ2) is 11.4. The molecule has 152 valence electrons. The minimum atomic E-state index is -0.668. The number of hydrogen-bond acceptors (Lipinski definition) is 5. The number of amides is 3. The van der Waals surface area contributed by atoms with Crippen LogP contribution in [0.15, 0.2) is 12.2 Å². The molecule has 0 aromatic rings. The second-order valence-electron chi connectivity index (χ2n) is 7.12. The van der Waals surface area contributed by atoms with Crippen LogP contribution in [0.4, 0.5) is 0 Å². The van der Waals surface area contributed by atoms with Crippen molar-refractivity contribution in [1.29, 1.82) is 0 Å². The molecular weight excluding hydrogens is 350 g/mol. The molecule has 0 aromatic heterocycles. The molecule has 1 rings (SSSR count). The number of ether oxygens (including phenoxy) is 1. The van der Waals surface area contributed by atoms with Crippen LogP contribution >= 0.6 is 0 Å². The SMILES string of the molecule is CCOC(=O)/C=C/C(CC1CCNC1=O)NC(=O)C(CC(C)C)NC(C)=O. The van der Waals surface area contributed by atoms with Gasteiger partial charge in [-0.2, -0.15) is 0 Å². The Balaban J connectivity index is 2.85. The summed E-state index contributed by atoms with van der Waals surface area (Å²) in [7, 11) is 0. The lowest BCUT2D eigenvalue weighted by Crippen LogP contribution is -2.49. The highest BCUT2D eigenvalue weighted by atomic mass is 16.5. The van der Waals surface area contributed by atoms with Crippen LogP contribution in [0.5, 0.6) is 0 Å². The van der Waals surface area contributed by atoms with Crippen LogP contribution < -0.4 is 16.0 Å². The summed E-state index contributed by atoms with van der Waals surface area (Å²) in [6, 6.07) is -1.18. The predicted octanol–water partition coefficient (Wildman–Crippen LogP) is 0.668. The Bertz CT molecular complexity index is 574. The van der Waals surface area contributed by atoms with Gasteiger partial charge < -0.3 is 20.7 Å². The highest BCUT2D eigenvalue weighted by Gasteiger charge is 2.29. The van der Waals surface area contributed by atoms with Crippen molar-refractivity contribution in [1.82, 2.24) is 16.0 Å². The van der Waals surface area contributed by atoms with Gasteiger partial charge in [-0.05, 0) is 32.1 Å². The molecule has 1 aliphatic heterocycles. The zero-order valence-electron chi connectivity index (χ0n) is 16.5. The van der Waals surface area contributed by atoms with E-state index in [9.17, 15) is 19.2 Å². The summed E-state index contributed by atoms with van der Waals surface area (Å²) in [4.78, 5) is 47.6. The molecule has 1 fully saturated rings. The number of hydrogen-bond donors (Lipinski definition) is 3. The van der Waals surface area contributed by atoms with Crippen molar-refractivity contribution in [3.05, 3.63) is 12.2 Å². The topological polar surface area (TPSA) is 114 Å². The maximum absolute atomic E-state index is 12.7. The summed E-state index contributed by atoms with van der Waals surface area (Å²) in [5.74, 6) is -1.21. The molecule has 3 atom stereocenters. The molecule has 3 unspecified atom stereocenters. The molecule has 1 saturated heterocycles. The number of esters is 1. The van der Waals surface area contributed by atoms with Crippen LogP contribution in [0.25, 0.3) is 0 Å². The van der Waals surface area contributed by atoms with Crippen molar-refractivity contribution in [2.24, 2.45) is 11.8 Å². The minimum Gasteiger partial charge on any atom is -0.463 e. The fourth-order valence-electron chi connectivity index (χ4n) is 2.98. The zero-order chi connectivity index (χ0) is 20.4. The molecule has 8 nitrogen and oxygen atoms in total. The molecule has 3 amide bonds. The van der Waals surface area contributed by atoms with Crippen LogP contribution in [0.3, 0.4) is 0 Å². The normalized spacial score (nSPS) is 18.9. The lowest BCUT2D eigenvalue weighted by atomic mass is 9.97. The fraction of sp³-hybridized carbons (Fsp3) is 0.684. The summed E-state index contributed by atoms with van der Waals surface area (Å²) in [6.45, 7) is 7.85. The van der Waals surface area contributed by atoms with Gasteiger partial charge in [0.25, 0.3) is 0 Å². The Hall–Kier alpha value is -2.38. The summed E-state index contributed by atoms with van der Waals surface area (Å²) in [6.07, 6.45) is 4.35. The number of carbonyl (C=O) groups is 4. The molecule has 0 saturated carbocycles. The molecule has 0 radical (unpaired) electrons. The van der Waals surface area contributed by atoms with Gasteiger partial charge in [0.15, 0.2) is 0 Å². The van der Waals surface area contributed by atoms with E-state index in [1.807, 2.05) is 13.8 Å². The van der Waals surface area contributed by atoms with E-state index in [-0.39, 0.29) is 36.2 Å². The van der Waals surface area contributed by atoms with Crippen molar-refractivity contribution in [3.63, 3.8) is 0 Å². The third-order valence-corrected chi connectivity index (χ3v) is 4.18. The average Bonchev–Trinajstić information content (AvgIpc) is 2.96. The van der Waals surface area contributed by atoms with Crippen LogP contribution in [0.2, 0.25) is 0 Å². The van der Waals surface area contributed by atoms with Gasteiger partial charge in [0, 0.05) is 31.5 Å². The van der Waals surface area contributed by atoms with Gasteiger partial charge in [-0.3, -0.25) is 14.4 Å². The zero-order valence-corrected chi connectivity index (χ0v) is 16.5. The van der Waals surface area contributed by atoms with E-state index in [1.54, 1.807) is 13.0 Å². The molecule has 1 aliphatic rings. The monoisotopic (exact) mass is 381 g/mol. The lowest BCUT2D eigenvalue weighted by Gasteiger charge is -2.23. The lowest BCUT2D eigenvalue weighted by molar-refractivity contribution is -0.137. The Morgan fingerprint density at radius 3 is 2.52 bits per heavy atom. The highest BCUT2D eigenvalue weighted by Crippen LogP contribution is 2.17. The van der Waals surface area contributed by atoms with Crippen LogP contribution in [0, 0.1) is 11.8 Å². The van der Waals surface area contributed by atoms with Gasteiger partial charge in [-0.15, -0.1) is 0 Å². The molecule has 0 spiro atoms. The highest BCUT2D eigenvalue weighted by molar-refractivity contribution is 5.87. The van der Waals surface area contributed by atoms with Gasteiger partial charge in [0.2, 0.25) is 17.7 Å².